The van der Waals surface area contributed by atoms with Gasteiger partial charge in [-0.3, -0.25) is 4.79 Å². The molecule has 0 aromatic heterocycles. The van der Waals surface area contributed by atoms with Crippen LogP contribution in [-0.2, 0) is 10.3 Å². The summed E-state index contributed by atoms with van der Waals surface area (Å²) in [4.78, 5) is 27.6. The normalized spacial score (nSPS) is 18.5. The van der Waals surface area contributed by atoms with Gasteiger partial charge in [0.2, 0.25) is 0 Å². The zero-order valence-electron chi connectivity index (χ0n) is 18.3. The number of rotatable bonds is 8. The summed E-state index contributed by atoms with van der Waals surface area (Å²) in [6.45, 7) is 7.03. The number of anilines is 1. The van der Waals surface area contributed by atoms with Gasteiger partial charge in [-0.05, 0) is 61.7 Å². The second kappa shape index (κ2) is 9.18. The molecule has 1 saturated heterocycles. The first kappa shape index (κ1) is 22.3. The van der Waals surface area contributed by atoms with Crippen LogP contribution in [0.15, 0.2) is 47.6 Å². The van der Waals surface area contributed by atoms with E-state index in [-0.39, 0.29) is 6.61 Å². The fraction of sp³-hybridized carbons (Fsp3) is 0.348. The van der Waals surface area contributed by atoms with Gasteiger partial charge in [0, 0.05) is 18.8 Å². The maximum absolute atomic E-state index is 13.0. The van der Waals surface area contributed by atoms with Crippen LogP contribution in [0.4, 0.5) is 10.5 Å². The SMILES string of the molecule is CCN(CCO)c1ccc(/C=N\N2C(=O)N[C@](C)(c3ccc(OC)cc3)C2=O)c(C)c1. The number of carbonyl (C=O) groups excluding carboxylic acids is 2. The molecule has 8 heteroatoms. The molecule has 0 spiro atoms. The number of ether oxygens (including phenoxy) is 1. The highest BCUT2D eigenvalue weighted by Crippen LogP contribution is 2.30. The van der Waals surface area contributed by atoms with Crippen LogP contribution in [0.3, 0.4) is 0 Å². The Morgan fingerprint density at radius 3 is 2.52 bits per heavy atom. The van der Waals surface area contributed by atoms with Crippen LogP contribution in [0, 0.1) is 6.92 Å². The zero-order chi connectivity index (χ0) is 22.6. The number of nitrogens with one attached hydrogen (secondary N) is 1. The largest absolute Gasteiger partial charge is 0.497 e. The lowest BCUT2D eigenvalue weighted by atomic mass is 9.92. The summed E-state index contributed by atoms with van der Waals surface area (Å²) in [7, 11) is 1.57. The first-order chi connectivity index (χ1) is 14.8. The second-order valence-electron chi connectivity index (χ2n) is 7.49. The Hall–Kier alpha value is -3.39. The number of amides is 3. The Bertz CT molecular complexity index is 990. The third kappa shape index (κ3) is 4.39. The van der Waals surface area contributed by atoms with Crippen LogP contribution in [0.1, 0.15) is 30.5 Å². The number of hydrogen-bond donors (Lipinski definition) is 2. The molecule has 1 heterocycles. The number of hydrazone groups is 1. The lowest BCUT2D eigenvalue weighted by Gasteiger charge is -2.22. The fourth-order valence-corrected chi connectivity index (χ4v) is 3.56. The maximum atomic E-state index is 13.0. The van der Waals surface area contributed by atoms with Gasteiger partial charge in [-0.15, -0.1) is 5.01 Å². The van der Waals surface area contributed by atoms with Crippen molar-refractivity contribution in [3.8, 4) is 5.75 Å². The summed E-state index contributed by atoms with van der Waals surface area (Å²) in [5.74, 6) is 0.215. The molecule has 1 aliphatic heterocycles. The van der Waals surface area contributed by atoms with Crippen molar-refractivity contribution < 1.29 is 19.4 Å². The smallest absolute Gasteiger partial charge is 0.346 e. The van der Waals surface area contributed by atoms with Gasteiger partial charge in [0.15, 0.2) is 0 Å². The number of likely N-dealkylation sites (N-methyl/N-ethyl adjacent to an activating group) is 1. The molecule has 1 atom stereocenters. The van der Waals surface area contributed by atoms with E-state index in [1.54, 1.807) is 38.3 Å². The predicted octanol–water partition coefficient (Wildman–Crippen LogP) is 2.62. The van der Waals surface area contributed by atoms with Crippen LogP contribution in [0.25, 0.3) is 0 Å². The number of methoxy groups -OCH3 is 1. The van der Waals surface area contributed by atoms with E-state index in [1.165, 1.54) is 6.21 Å². The molecule has 3 rings (SSSR count). The van der Waals surface area contributed by atoms with E-state index in [4.69, 9.17) is 4.74 Å². The van der Waals surface area contributed by atoms with Crippen molar-refractivity contribution in [2.75, 3.05) is 31.7 Å². The minimum atomic E-state index is -1.20. The lowest BCUT2D eigenvalue weighted by molar-refractivity contribution is -0.131. The highest BCUT2D eigenvalue weighted by molar-refractivity contribution is 6.07. The highest BCUT2D eigenvalue weighted by atomic mass is 16.5. The molecule has 0 aliphatic carbocycles. The number of aryl methyl sites for hydroxylation is 1. The summed E-state index contributed by atoms with van der Waals surface area (Å²) in [6.07, 6.45) is 1.51. The van der Waals surface area contributed by atoms with E-state index < -0.39 is 17.5 Å². The van der Waals surface area contributed by atoms with Gasteiger partial charge >= 0.3 is 6.03 Å². The number of carbonyl (C=O) groups is 2. The topological polar surface area (TPSA) is 94.5 Å². The van der Waals surface area contributed by atoms with Crippen molar-refractivity contribution >= 4 is 23.8 Å². The number of aliphatic hydroxyl groups excluding tert-OH is 1. The summed E-state index contributed by atoms with van der Waals surface area (Å²) >= 11 is 0. The molecule has 2 aromatic carbocycles. The van der Waals surface area contributed by atoms with E-state index >= 15 is 0 Å². The van der Waals surface area contributed by atoms with Crippen LogP contribution in [-0.4, -0.2) is 55.1 Å². The summed E-state index contributed by atoms with van der Waals surface area (Å²) in [5, 5.41) is 17.0. The van der Waals surface area contributed by atoms with Crippen molar-refractivity contribution in [3.63, 3.8) is 0 Å². The number of aliphatic hydroxyl groups is 1. The van der Waals surface area contributed by atoms with Crippen molar-refractivity contribution in [2.24, 2.45) is 5.10 Å². The Balaban J connectivity index is 1.80. The molecule has 3 amide bonds. The number of urea groups is 1. The van der Waals surface area contributed by atoms with E-state index in [1.807, 2.05) is 32.0 Å². The van der Waals surface area contributed by atoms with Crippen LogP contribution in [0.2, 0.25) is 0 Å². The molecular formula is C23H28N4O4. The number of imide groups is 1. The first-order valence-electron chi connectivity index (χ1n) is 10.2. The fourth-order valence-electron chi connectivity index (χ4n) is 3.56. The molecule has 8 nitrogen and oxygen atoms in total. The molecular weight excluding hydrogens is 396 g/mol. The quantitative estimate of drug-likeness (QED) is 0.502. The van der Waals surface area contributed by atoms with Gasteiger partial charge in [-0.2, -0.15) is 5.10 Å². The van der Waals surface area contributed by atoms with E-state index in [0.29, 0.717) is 17.9 Å². The molecule has 0 saturated carbocycles. The third-order valence-corrected chi connectivity index (χ3v) is 5.52. The zero-order valence-corrected chi connectivity index (χ0v) is 18.3. The minimum Gasteiger partial charge on any atom is -0.497 e. The summed E-state index contributed by atoms with van der Waals surface area (Å²) < 4.78 is 5.15. The van der Waals surface area contributed by atoms with Crippen molar-refractivity contribution in [1.82, 2.24) is 10.3 Å². The first-order valence-corrected chi connectivity index (χ1v) is 10.2. The molecule has 2 N–H and O–H groups in total. The van der Waals surface area contributed by atoms with Gasteiger partial charge in [-0.25, -0.2) is 4.79 Å². The van der Waals surface area contributed by atoms with E-state index in [0.717, 1.165) is 28.4 Å². The average molecular weight is 425 g/mol. The Kier molecular flexibility index (Phi) is 6.60. The Morgan fingerprint density at radius 1 is 1.23 bits per heavy atom. The Morgan fingerprint density at radius 2 is 1.94 bits per heavy atom. The second-order valence-corrected chi connectivity index (χ2v) is 7.49. The molecule has 164 valence electrons. The number of nitrogens with zero attached hydrogens (tertiary/aromatic N) is 3. The standard InChI is InChI=1S/C23H28N4O4/c1-5-26(12-13-28)19-9-6-17(16(2)14-19)15-24-27-21(29)23(3,25-22(27)30)18-7-10-20(31-4)11-8-18/h6-11,14-15,28H,5,12-13H2,1-4H3,(H,25,30)/b24-15-/t23-/m1/s1. The molecule has 0 bridgehead atoms. The molecule has 1 aliphatic rings. The molecule has 0 unspecified atom stereocenters. The lowest BCUT2D eigenvalue weighted by Crippen LogP contribution is -2.40. The predicted molar refractivity (Wildman–Crippen MR) is 119 cm³/mol. The maximum Gasteiger partial charge on any atom is 0.346 e. The van der Waals surface area contributed by atoms with Gasteiger partial charge < -0.3 is 20.1 Å². The van der Waals surface area contributed by atoms with Crippen LogP contribution >= 0.6 is 0 Å². The molecule has 1 fully saturated rings. The number of hydrogen-bond acceptors (Lipinski definition) is 6. The molecule has 31 heavy (non-hydrogen) atoms. The molecule has 0 radical (unpaired) electrons. The summed E-state index contributed by atoms with van der Waals surface area (Å²) in [5.41, 5.74) is 2.18. The number of benzene rings is 2. The van der Waals surface area contributed by atoms with Gasteiger partial charge in [0.1, 0.15) is 11.3 Å². The minimum absolute atomic E-state index is 0.0786. The van der Waals surface area contributed by atoms with E-state index in [2.05, 4.69) is 15.3 Å². The van der Waals surface area contributed by atoms with Crippen molar-refractivity contribution in [3.05, 3.63) is 59.2 Å². The van der Waals surface area contributed by atoms with Gasteiger partial charge in [0.05, 0.1) is 19.9 Å². The third-order valence-electron chi connectivity index (χ3n) is 5.52. The average Bonchev–Trinajstić information content (AvgIpc) is 3.00. The van der Waals surface area contributed by atoms with Gasteiger partial charge in [0.25, 0.3) is 5.91 Å². The van der Waals surface area contributed by atoms with E-state index in [9.17, 15) is 14.7 Å². The van der Waals surface area contributed by atoms with Crippen LogP contribution in [0.5, 0.6) is 5.75 Å². The highest BCUT2D eigenvalue weighted by Gasteiger charge is 2.49. The molecule has 2 aromatic rings. The summed E-state index contributed by atoms with van der Waals surface area (Å²) in [6, 6.07) is 12.2. The van der Waals surface area contributed by atoms with Gasteiger partial charge in [-0.1, -0.05) is 18.2 Å². The van der Waals surface area contributed by atoms with Crippen molar-refractivity contribution in [1.29, 1.82) is 0 Å². The van der Waals surface area contributed by atoms with Crippen molar-refractivity contribution in [2.45, 2.75) is 26.3 Å². The van der Waals surface area contributed by atoms with Crippen LogP contribution < -0.4 is 15.0 Å². The monoisotopic (exact) mass is 424 g/mol. The Labute approximate surface area is 182 Å².